The summed E-state index contributed by atoms with van der Waals surface area (Å²) in [5.41, 5.74) is 0.819. The average molecular weight is 389 g/mol. The summed E-state index contributed by atoms with van der Waals surface area (Å²) in [4.78, 5) is 36.6. The maximum absolute atomic E-state index is 12.6. The first-order valence-electron chi connectivity index (χ1n) is 9.03. The molecule has 0 fully saturated rings. The second kappa shape index (κ2) is 11.6. The van der Waals surface area contributed by atoms with Crippen molar-refractivity contribution < 1.29 is 23.9 Å². The highest BCUT2D eigenvalue weighted by Crippen LogP contribution is 2.09. The molecule has 0 bridgehead atoms. The number of carbonyl (C=O) groups excluding carboxylic acids is 3. The van der Waals surface area contributed by atoms with E-state index < -0.39 is 36.0 Å². The van der Waals surface area contributed by atoms with Crippen LogP contribution in [0.4, 0.5) is 4.79 Å². The van der Waals surface area contributed by atoms with Crippen LogP contribution in [0.1, 0.15) is 32.8 Å². The fourth-order valence-electron chi connectivity index (χ4n) is 2.45. The molecule has 1 aromatic rings. The molecule has 0 aliphatic carbocycles. The first-order chi connectivity index (χ1) is 13.3. The molecule has 2 amide bonds. The maximum atomic E-state index is 12.6. The van der Waals surface area contributed by atoms with Gasteiger partial charge >= 0.3 is 12.1 Å². The molecule has 0 spiro atoms. The molecule has 152 valence electrons. The monoisotopic (exact) mass is 389 g/mol. The van der Waals surface area contributed by atoms with Crippen molar-refractivity contribution in [3.05, 3.63) is 35.9 Å². The van der Waals surface area contributed by atoms with Gasteiger partial charge in [0.1, 0.15) is 18.7 Å². The Bertz CT molecular complexity index is 700. The van der Waals surface area contributed by atoms with Gasteiger partial charge in [-0.05, 0) is 24.8 Å². The molecule has 1 aromatic carbocycles. The van der Waals surface area contributed by atoms with Gasteiger partial charge in [-0.3, -0.25) is 4.79 Å². The molecular formula is C20H27N3O5. The molecule has 0 unspecified atom stereocenters. The number of rotatable bonds is 9. The van der Waals surface area contributed by atoms with E-state index in [4.69, 9.17) is 14.7 Å². The number of carbonyl (C=O) groups is 3. The topological polar surface area (TPSA) is 118 Å². The summed E-state index contributed by atoms with van der Waals surface area (Å²) in [6, 6.07) is 9.28. The van der Waals surface area contributed by atoms with Crippen molar-refractivity contribution in [1.82, 2.24) is 10.6 Å². The van der Waals surface area contributed by atoms with Gasteiger partial charge in [-0.15, -0.1) is 0 Å². The summed E-state index contributed by atoms with van der Waals surface area (Å²) in [7, 11) is 1.21. The van der Waals surface area contributed by atoms with E-state index in [9.17, 15) is 14.4 Å². The van der Waals surface area contributed by atoms with E-state index in [1.807, 2.05) is 36.4 Å². The lowest BCUT2D eigenvalue weighted by Crippen LogP contribution is -2.54. The van der Waals surface area contributed by atoms with Gasteiger partial charge in [0.2, 0.25) is 5.91 Å². The highest BCUT2D eigenvalue weighted by molar-refractivity contribution is 5.89. The van der Waals surface area contributed by atoms with Gasteiger partial charge in [0.25, 0.3) is 0 Å². The Kier molecular flexibility index (Phi) is 9.51. The van der Waals surface area contributed by atoms with Crippen LogP contribution >= 0.6 is 0 Å². The second-order valence-electron chi connectivity index (χ2n) is 6.78. The van der Waals surface area contributed by atoms with E-state index in [0.717, 1.165) is 5.56 Å². The van der Waals surface area contributed by atoms with Gasteiger partial charge in [-0.25, -0.2) is 9.59 Å². The normalized spacial score (nSPS) is 13.6. The Morgan fingerprint density at radius 1 is 1.11 bits per heavy atom. The van der Waals surface area contributed by atoms with Crippen molar-refractivity contribution >= 4 is 18.0 Å². The van der Waals surface area contributed by atoms with E-state index in [0.29, 0.717) is 0 Å². The van der Waals surface area contributed by atoms with Crippen molar-refractivity contribution in [3.8, 4) is 6.07 Å². The van der Waals surface area contributed by atoms with Gasteiger partial charge in [0.15, 0.2) is 0 Å². The Morgan fingerprint density at radius 3 is 2.29 bits per heavy atom. The third kappa shape index (κ3) is 7.66. The molecule has 0 saturated carbocycles. The van der Waals surface area contributed by atoms with Gasteiger partial charge < -0.3 is 20.1 Å². The summed E-state index contributed by atoms with van der Waals surface area (Å²) in [6.45, 7) is 5.23. The highest BCUT2D eigenvalue weighted by atomic mass is 16.5. The molecule has 0 aromatic heterocycles. The number of methoxy groups -OCH3 is 1. The van der Waals surface area contributed by atoms with Crippen LogP contribution < -0.4 is 10.6 Å². The summed E-state index contributed by atoms with van der Waals surface area (Å²) in [5.74, 6) is -1.90. The zero-order valence-electron chi connectivity index (χ0n) is 16.6. The molecule has 8 heteroatoms. The van der Waals surface area contributed by atoms with Crippen molar-refractivity contribution in [2.45, 2.75) is 45.9 Å². The van der Waals surface area contributed by atoms with Crippen LogP contribution in [0.15, 0.2) is 30.3 Å². The third-order valence-corrected chi connectivity index (χ3v) is 4.05. The standard InChI is InChI=1S/C20H27N3O5/c1-13(2)17(23-20(26)28-12-15-8-6-5-7-9-15)18(24)22-16(19(25)27-4)10-14(3)11-21/h5-9,13-14,16-17H,10,12H2,1-4H3,(H,22,24)(H,23,26)/t14-,16+,17-/m1/s1. The molecule has 0 aliphatic heterocycles. The minimum Gasteiger partial charge on any atom is -0.467 e. The fraction of sp³-hybridized carbons (Fsp3) is 0.500. The van der Waals surface area contributed by atoms with Crippen molar-refractivity contribution in [3.63, 3.8) is 0 Å². The molecule has 28 heavy (non-hydrogen) atoms. The number of benzene rings is 1. The predicted octanol–water partition coefficient (Wildman–Crippen LogP) is 2.14. The van der Waals surface area contributed by atoms with Crippen LogP contribution in [0.3, 0.4) is 0 Å². The molecule has 8 nitrogen and oxygen atoms in total. The summed E-state index contributed by atoms with van der Waals surface area (Å²) in [6.07, 6.45) is -0.629. The number of alkyl carbamates (subject to hydrolysis) is 1. The Hall–Kier alpha value is -3.08. The predicted molar refractivity (Wildman–Crippen MR) is 102 cm³/mol. The summed E-state index contributed by atoms with van der Waals surface area (Å²) in [5, 5.41) is 14.0. The van der Waals surface area contributed by atoms with Crippen LogP contribution in [-0.4, -0.2) is 37.2 Å². The Morgan fingerprint density at radius 2 is 1.75 bits per heavy atom. The van der Waals surface area contributed by atoms with Gasteiger partial charge in [-0.2, -0.15) is 5.26 Å². The summed E-state index contributed by atoms with van der Waals surface area (Å²) >= 11 is 0. The van der Waals surface area contributed by atoms with Crippen LogP contribution in [0, 0.1) is 23.2 Å². The van der Waals surface area contributed by atoms with E-state index >= 15 is 0 Å². The Balaban J connectivity index is 2.71. The van der Waals surface area contributed by atoms with Crippen LogP contribution in [-0.2, 0) is 25.7 Å². The van der Waals surface area contributed by atoms with Crippen LogP contribution in [0.5, 0.6) is 0 Å². The molecule has 2 N–H and O–H groups in total. The number of hydrogen-bond acceptors (Lipinski definition) is 6. The first kappa shape index (κ1) is 23.0. The molecule has 0 saturated heterocycles. The van der Waals surface area contributed by atoms with E-state index in [-0.39, 0.29) is 18.9 Å². The zero-order valence-corrected chi connectivity index (χ0v) is 16.6. The van der Waals surface area contributed by atoms with Gasteiger partial charge in [0, 0.05) is 5.92 Å². The van der Waals surface area contributed by atoms with Crippen molar-refractivity contribution in [2.24, 2.45) is 11.8 Å². The molecular weight excluding hydrogens is 362 g/mol. The van der Waals surface area contributed by atoms with Gasteiger partial charge in [0.05, 0.1) is 13.2 Å². The molecule has 3 atom stereocenters. The largest absolute Gasteiger partial charge is 0.467 e. The zero-order chi connectivity index (χ0) is 21.1. The Labute approximate surface area is 165 Å². The van der Waals surface area contributed by atoms with E-state index in [1.165, 1.54) is 7.11 Å². The number of ether oxygens (including phenoxy) is 2. The molecule has 0 radical (unpaired) electrons. The lowest BCUT2D eigenvalue weighted by molar-refractivity contribution is -0.145. The number of nitrogens with zero attached hydrogens (tertiary/aromatic N) is 1. The number of hydrogen-bond donors (Lipinski definition) is 2. The molecule has 1 rings (SSSR count). The van der Waals surface area contributed by atoms with Gasteiger partial charge in [-0.1, -0.05) is 44.2 Å². The number of esters is 1. The van der Waals surface area contributed by atoms with E-state index in [1.54, 1.807) is 20.8 Å². The lowest BCUT2D eigenvalue weighted by Gasteiger charge is -2.24. The fourth-order valence-corrected chi connectivity index (χ4v) is 2.45. The summed E-state index contributed by atoms with van der Waals surface area (Å²) < 4.78 is 9.84. The highest BCUT2D eigenvalue weighted by Gasteiger charge is 2.30. The lowest BCUT2D eigenvalue weighted by atomic mass is 10.0. The first-order valence-corrected chi connectivity index (χ1v) is 9.03. The third-order valence-electron chi connectivity index (χ3n) is 4.05. The smallest absolute Gasteiger partial charge is 0.408 e. The quantitative estimate of drug-likeness (QED) is 0.625. The molecule has 0 aliphatic rings. The average Bonchev–Trinajstić information content (AvgIpc) is 2.69. The number of nitriles is 1. The van der Waals surface area contributed by atoms with Crippen molar-refractivity contribution in [1.29, 1.82) is 5.26 Å². The van der Waals surface area contributed by atoms with Crippen LogP contribution in [0.2, 0.25) is 0 Å². The number of nitrogens with one attached hydrogen (secondary N) is 2. The minimum atomic E-state index is -0.976. The number of amides is 2. The minimum absolute atomic E-state index is 0.0730. The maximum Gasteiger partial charge on any atom is 0.408 e. The SMILES string of the molecule is COC(=O)[C@H](C[C@@H](C)C#N)NC(=O)[C@H](NC(=O)OCc1ccccc1)C(C)C. The van der Waals surface area contributed by atoms with Crippen molar-refractivity contribution in [2.75, 3.05) is 7.11 Å². The van der Waals surface area contributed by atoms with E-state index in [2.05, 4.69) is 10.6 Å². The van der Waals surface area contributed by atoms with Crippen LogP contribution in [0.25, 0.3) is 0 Å². The second-order valence-corrected chi connectivity index (χ2v) is 6.78. The molecule has 0 heterocycles.